The maximum Gasteiger partial charge on any atom is 0.219 e. The molecule has 0 N–H and O–H groups in total. The van der Waals surface area contributed by atoms with Crippen molar-refractivity contribution in [3.05, 3.63) is 0 Å². The third-order valence-electron chi connectivity index (χ3n) is 6.85. The van der Waals surface area contributed by atoms with Gasteiger partial charge in [0.15, 0.2) is 0 Å². The Morgan fingerprint density at radius 2 is 0.950 bits per heavy atom. The molecular formula is C14H22Br4Si2. The third kappa shape index (κ3) is 2.32. The van der Waals surface area contributed by atoms with Gasteiger partial charge in [0.05, 0.1) is 0 Å². The van der Waals surface area contributed by atoms with Crippen molar-refractivity contribution in [2.75, 3.05) is 0 Å². The van der Waals surface area contributed by atoms with E-state index in [0.29, 0.717) is 0 Å². The Morgan fingerprint density at radius 3 is 1.20 bits per heavy atom. The second kappa shape index (κ2) is 5.43. The molecule has 20 heavy (non-hydrogen) atoms. The minimum atomic E-state index is -1.56. The number of hydrogen-bond acceptors (Lipinski definition) is 0. The quantitative estimate of drug-likeness (QED) is 0.258. The first kappa shape index (κ1) is 15.9. The van der Waals surface area contributed by atoms with Crippen molar-refractivity contribution < 1.29 is 0 Å². The molecule has 4 saturated carbocycles. The van der Waals surface area contributed by atoms with Crippen molar-refractivity contribution in [2.45, 2.75) is 62.4 Å². The van der Waals surface area contributed by atoms with Gasteiger partial charge in [-0.05, 0) is 60.4 Å². The molecule has 4 fully saturated rings. The number of halogens is 4. The van der Waals surface area contributed by atoms with Gasteiger partial charge in [-0.2, -0.15) is 0 Å². The molecular weight excluding hydrogens is 544 g/mol. The molecule has 114 valence electrons. The van der Waals surface area contributed by atoms with E-state index in [0.717, 1.165) is 34.8 Å². The van der Waals surface area contributed by atoms with E-state index in [9.17, 15) is 0 Å². The lowest BCUT2D eigenvalue weighted by molar-refractivity contribution is 0.471. The predicted octanol–water partition coefficient (Wildman–Crippen LogP) is 6.91. The summed E-state index contributed by atoms with van der Waals surface area (Å²) >= 11 is 17.3. The van der Waals surface area contributed by atoms with Crippen LogP contribution in [-0.2, 0) is 0 Å². The van der Waals surface area contributed by atoms with Crippen LogP contribution in [-0.4, -0.2) is 9.66 Å². The fourth-order valence-electron chi connectivity index (χ4n) is 5.87. The van der Waals surface area contributed by atoms with Crippen LogP contribution in [0.3, 0.4) is 0 Å². The van der Waals surface area contributed by atoms with E-state index in [4.69, 9.17) is 0 Å². The molecule has 0 aromatic rings. The van der Waals surface area contributed by atoms with E-state index in [1.807, 2.05) is 0 Å². The second-order valence-electron chi connectivity index (χ2n) is 7.81. The molecule has 0 heterocycles. The normalized spacial score (nSPS) is 47.4. The van der Waals surface area contributed by atoms with Crippen molar-refractivity contribution in [1.82, 2.24) is 0 Å². The molecule has 4 rings (SSSR count). The van der Waals surface area contributed by atoms with Gasteiger partial charge in [0.2, 0.25) is 9.66 Å². The SMILES string of the molecule is Br[Si](Br)(C1CC2CCC1C2)[Si](Br)(Br)C1CC2CCC1C2. The predicted molar refractivity (Wildman–Crippen MR) is 106 cm³/mol. The molecule has 0 saturated heterocycles. The maximum atomic E-state index is 4.34. The van der Waals surface area contributed by atoms with Gasteiger partial charge >= 0.3 is 0 Å². The summed E-state index contributed by atoms with van der Waals surface area (Å²) in [7, 11) is 0. The van der Waals surface area contributed by atoms with Crippen LogP contribution in [0.5, 0.6) is 0 Å². The lowest BCUT2D eigenvalue weighted by Gasteiger charge is -2.44. The largest absolute Gasteiger partial charge is 0.219 e. The molecule has 6 atom stereocenters. The van der Waals surface area contributed by atoms with E-state index in [2.05, 4.69) is 61.2 Å². The van der Waals surface area contributed by atoms with Crippen LogP contribution >= 0.6 is 61.2 Å². The van der Waals surface area contributed by atoms with Crippen LogP contribution in [0.1, 0.15) is 51.4 Å². The maximum absolute atomic E-state index is 4.34. The first-order valence-electron chi connectivity index (χ1n) is 8.15. The van der Waals surface area contributed by atoms with Gasteiger partial charge in [0.25, 0.3) is 0 Å². The highest BCUT2D eigenvalue weighted by atomic mass is 79.9. The summed E-state index contributed by atoms with van der Waals surface area (Å²) in [6, 6.07) is 0. The van der Waals surface area contributed by atoms with Crippen molar-refractivity contribution in [3.8, 4) is 0 Å². The minimum Gasteiger partial charge on any atom is -0.112 e. The Morgan fingerprint density at radius 1 is 0.550 bits per heavy atom. The van der Waals surface area contributed by atoms with Gasteiger partial charge < -0.3 is 0 Å². The Bertz CT molecular complexity index is 376. The highest BCUT2D eigenvalue weighted by Gasteiger charge is 2.65. The second-order valence-corrected chi connectivity index (χ2v) is 46.7. The standard InChI is InChI=1S/C14H22Br4Si2/c15-19(16,13-7-9-1-3-11(13)5-9)20(17,18)14-8-10-2-4-12(14)6-10/h9-14H,1-8H2. The fourth-order valence-corrected chi connectivity index (χ4v) is 32.3. The summed E-state index contributed by atoms with van der Waals surface area (Å²) in [5.41, 5.74) is 1.93. The molecule has 4 aliphatic carbocycles. The average molecular weight is 566 g/mol. The molecule has 0 radical (unpaired) electrons. The van der Waals surface area contributed by atoms with Crippen LogP contribution in [0.25, 0.3) is 0 Å². The summed E-state index contributed by atoms with van der Waals surface area (Å²) in [6.07, 6.45) is 12.1. The highest BCUT2D eigenvalue weighted by Crippen LogP contribution is 2.68. The molecule has 4 aliphatic rings. The monoisotopic (exact) mass is 562 g/mol. The van der Waals surface area contributed by atoms with Crippen LogP contribution in [0.2, 0.25) is 11.1 Å². The number of fused-ring (bicyclic) bond motifs is 4. The van der Waals surface area contributed by atoms with E-state index in [-0.39, 0.29) is 0 Å². The third-order valence-corrected chi connectivity index (χ3v) is 64.6. The number of hydrogen-bond donors (Lipinski definition) is 0. The summed E-state index contributed by atoms with van der Waals surface area (Å²) in [4.78, 5) is -3.11. The molecule has 0 aromatic heterocycles. The Labute approximate surface area is 155 Å². The van der Waals surface area contributed by atoms with Gasteiger partial charge in [-0.3, -0.25) is 0 Å². The van der Waals surface area contributed by atoms with Crippen LogP contribution < -0.4 is 0 Å². The zero-order valence-corrected chi connectivity index (χ0v) is 20.0. The lowest BCUT2D eigenvalue weighted by atomic mass is 10.0. The summed E-state index contributed by atoms with van der Waals surface area (Å²) in [5.74, 6) is 4.14. The smallest absolute Gasteiger partial charge is 0.112 e. The van der Waals surface area contributed by atoms with E-state index < -0.39 is 9.66 Å². The van der Waals surface area contributed by atoms with Crippen molar-refractivity contribution >= 4 is 70.8 Å². The lowest BCUT2D eigenvalue weighted by Crippen LogP contribution is -2.54. The van der Waals surface area contributed by atoms with Crippen molar-refractivity contribution in [1.29, 1.82) is 0 Å². The molecule has 0 spiro atoms. The van der Waals surface area contributed by atoms with Gasteiger partial charge in [-0.25, -0.2) is 0 Å². The molecule has 6 heteroatoms. The highest BCUT2D eigenvalue weighted by molar-refractivity contribution is 9.66. The van der Waals surface area contributed by atoms with Gasteiger partial charge in [0.1, 0.15) is 0 Å². The number of rotatable bonds is 3. The van der Waals surface area contributed by atoms with E-state index in [1.165, 1.54) is 51.4 Å². The Balaban J connectivity index is 1.58. The first-order valence-corrected chi connectivity index (χ1v) is 22.3. The van der Waals surface area contributed by atoms with E-state index in [1.54, 1.807) is 0 Å². The van der Waals surface area contributed by atoms with Crippen LogP contribution in [0.4, 0.5) is 0 Å². The Kier molecular flexibility index (Phi) is 4.31. The van der Waals surface area contributed by atoms with Gasteiger partial charge in [-0.15, -0.1) is 61.2 Å². The molecule has 4 bridgehead atoms. The summed E-state index contributed by atoms with van der Waals surface area (Å²) < 4.78 is 0. The molecule has 0 aromatic carbocycles. The first-order chi connectivity index (χ1) is 9.39. The molecule has 6 unspecified atom stereocenters. The van der Waals surface area contributed by atoms with Crippen molar-refractivity contribution in [3.63, 3.8) is 0 Å². The molecule has 0 amide bonds. The van der Waals surface area contributed by atoms with Gasteiger partial charge in [-0.1, -0.05) is 25.7 Å². The van der Waals surface area contributed by atoms with Crippen LogP contribution in [0.15, 0.2) is 0 Å². The Hall–Kier alpha value is 2.35. The summed E-state index contributed by atoms with van der Waals surface area (Å²) in [5, 5.41) is 0. The fraction of sp³-hybridized carbons (Fsp3) is 1.00. The van der Waals surface area contributed by atoms with Crippen molar-refractivity contribution in [2.24, 2.45) is 23.7 Å². The minimum absolute atomic E-state index is 0.964. The topological polar surface area (TPSA) is 0 Å². The zero-order valence-electron chi connectivity index (χ0n) is 11.6. The molecule has 0 aliphatic heterocycles. The van der Waals surface area contributed by atoms with Crippen LogP contribution in [0, 0.1) is 23.7 Å². The average Bonchev–Trinajstić information content (AvgIpc) is 3.17. The van der Waals surface area contributed by atoms with E-state index >= 15 is 0 Å². The zero-order chi connectivity index (χ0) is 14.1. The molecule has 0 nitrogen and oxygen atoms in total. The summed E-state index contributed by atoms with van der Waals surface area (Å²) in [6.45, 7) is 0. The van der Waals surface area contributed by atoms with Gasteiger partial charge in [0, 0.05) is 0 Å².